The van der Waals surface area contributed by atoms with Crippen molar-refractivity contribution in [2.24, 2.45) is 0 Å². The molecule has 5 N–H and O–H groups in total. The highest BCUT2D eigenvalue weighted by molar-refractivity contribution is 6.01. The van der Waals surface area contributed by atoms with Crippen molar-refractivity contribution in [3.63, 3.8) is 0 Å². The molecule has 0 bridgehead atoms. The molecule has 0 aliphatic heterocycles. The van der Waals surface area contributed by atoms with Gasteiger partial charge in [0.25, 0.3) is 18.3 Å². The monoisotopic (exact) mass is 690 g/mol. The molecule has 3 aromatic carbocycles. The third kappa shape index (κ3) is 18.3. The van der Waals surface area contributed by atoms with Crippen molar-refractivity contribution in [3.8, 4) is 0 Å². The summed E-state index contributed by atoms with van der Waals surface area (Å²) in [6.07, 6.45) is 1.82. The van der Waals surface area contributed by atoms with Gasteiger partial charge in [-0.3, -0.25) is 24.0 Å². The maximum Gasteiger partial charge on any atom is 0.293 e. The van der Waals surface area contributed by atoms with Crippen LogP contribution in [-0.2, 0) is 25.7 Å². The van der Waals surface area contributed by atoms with Crippen LogP contribution in [0.1, 0.15) is 65.5 Å². The van der Waals surface area contributed by atoms with Gasteiger partial charge in [-0.1, -0.05) is 86.5 Å². The Morgan fingerprint density at radius 1 is 0.840 bits per heavy atom. The Hall–Kier alpha value is -5.23. The molecule has 0 aliphatic rings. The molecule has 0 saturated heterocycles. The van der Waals surface area contributed by atoms with Crippen LogP contribution in [-0.4, -0.2) is 83.0 Å². The predicted molar refractivity (Wildman–Crippen MR) is 198 cm³/mol. The van der Waals surface area contributed by atoms with Gasteiger partial charge in [-0.05, 0) is 44.0 Å². The quantitative estimate of drug-likeness (QED) is 0.106. The molecule has 12 nitrogen and oxygen atoms in total. The average molecular weight is 691 g/mol. The number of hydrogen-bond acceptors (Lipinski definition) is 8. The second kappa shape index (κ2) is 25.7. The highest BCUT2D eigenvalue weighted by Gasteiger charge is 2.16. The van der Waals surface area contributed by atoms with Gasteiger partial charge < -0.3 is 36.2 Å². The van der Waals surface area contributed by atoms with E-state index in [0.29, 0.717) is 49.3 Å². The molecule has 1 atom stereocenters. The van der Waals surface area contributed by atoms with Crippen LogP contribution in [0.5, 0.6) is 0 Å². The van der Waals surface area contributed by atoms with E-state index in [4.69, 9.17) is 4.74 Å². The van der Waals surface area contributed by atoms with Gasteiger partial charge in [-0.25, -0.2) is 0 Å². The van der Waals surface area contributed by atoms with E-state index < -0.39 is 6.04 Å². The zero-order valence-corrected chi connectivity index (χ0v) is 30.2. The minimum Gasteiger partial charge on any atom is -0.468 e. The van der Waals surface area contributed by atoms with Gasteiger partial charge in [-0.15, -0.1) is 0 Å². The SMILES string of the molecule is CCC.CNC(=O)CNC(=O)C(C)NCCNC(=O)c1cc(C(=O)NCc2ccccc2)cc(N(C)CCCOC=O)c1.Cc1ccccc1. The van der Waals surface area contributed by atoms with Crippen molar-refractivity contribution in [2.75, 3.05) is 51.8 Å². The molecule has 3 aromatic rings. The fourth-order valence-corrected chi connectivity index (χ4v) is 4.14. The van der Waals surface area contributed by atoms with Crippen LogP contribution in [0.4, 0.5) is 5.69 Å². The molecule has 0 saturated carbocycles. The number of nitrogens with zero attached hydrogens (tertiary/aromatic N) is 1. The highest BCUT2D eigenvalue weighted by atomic mass is 16.5. The molecule has 50 heavy (non-hydrogen) atoms. The standard InChI is InChI=1S/C28H38N6O6.C7H8.C3H8/c1-20(26(37)33-18-25(36)29-2)30-10-11-31-27(38)22-14-23(28(39)32-17-21-8-5-4-6-9-21)16-24(15-22)34(3)12-7-13-40-19-35;1-7-5-3-2-4-6-7;1-3-2/h4-6,8-9,14-16,19-20,30H,7,10-13,17-18H2,1-3H3,(H,29,36)(H,31,38)(H,32,39)(H,33,37);2-6H,1H3;3H2,1-2H3. The molecule has 0 fully saturated rings. The first-order chi connectivity index (χ1) is 24.1. The first kappa shape index (κ1) is 42.8. The van der Waals surface area contributed by atoms with E-state index in [-0.39, 0.29) is 43.3 Å². The summed E-state index contributed by atoms with van der Waals surface area (Å²) in [5.74, 6) is -1.34. The third-order valence-electron chi connectivity index (χ3n) is 6.90. The number of rotatable bonds is 17. The molecule has 0 radical (unpaired) electrons. The highest BCUT2D eigenvalue weighted by Crippen LogP contribution is 2.19. The molecule has 0 aliphatic carbocycles. The summed E-state index contributed by atoms with van der Waals surface area (Å²) in [5.41, 5.74) is 3.55. The van der Waals surface area contributed by atoms with Crippen LogP contribution in [0.15, 0.2) is 78.9 Å². The Morgan fingerprint density at radius 2 is 1.42 bits per heavy atom. The van der Waals surface area contributed by atoms with Gasteiger partial charge in [0.1, 0.15) is 0 Å². The molecule has 0 spiro atoms. The van der Waals surface area contributed by atoms with Crippen molar-refractivity contribution in [1.29, 1.82) is 0 Å². The molecule has 1 unspecified atom stereocenters. The van der Waals surface area contributed by atoms with E-state index in [2.05, 4.69) is 59.5 Å². The Bertz CT molecular complexity index is 1440. The molecule has 4 amide bonds. The van der Waals surface area contributed by atoms with Gasteiger partial charge in [0.2, 0.25) is 11.8 Å². The van der Waals surface area contributed by atoms with Crippen LogP contribution < -0.4 is 31.5 Å². The first-order valence-electron chi connectivity index (χ1n) is 16.8. The Balaban J connectivity index is 0.00000108. The molecular weight excluding hydrogens is 636 g/mol. The van der Waals surface area contributed by atoms with Gasteiger partial charge in [0.15, 0.2) is 0 Å². The van der Waals surface area contributed by atoms with E-state index in [1.54, 1.807) is 19.1 Å². The maximum atomic E-state index is 13.0. The summed E-state index contributed by atoms with van der Waals surface area (Å²) < 4.78 is 4.75. The summed E-state index contributed by atoms with van der Waals surface area (Å²) >= 11 is 0. The number of carbonyl (C=O) groups excluding carboxylic acids is 5. The lowest BCUT2D eigenvalue weighted by atomic mass is 10.1. The first-order valence-corrected chi connectivity index (χ1v) is 16.8. The number of aryl methyl sites for hydroxylation is 1. The molecule has 12 heteroatoms. The lowest BCUT2D eigenvalue weighted by molar-refractivity contribution is -0.128. The van der Waals surface area contributed by atoms with Gasteiger partial charge >= 0.3 is 0 Å². The van der Waals surface area contributed by atoms with Crippen LogP contribution in [0.2, 0.25) is 0 Å². The molecule has 0 heterocycles. The van der Waals surface area contributed by atoms with Crippen LogP contribution in [0, 0.1) is 6.92 Å². The molecule has 0 aromatic heterocycles. The zero-order valence-electron chi connectivity index (χ0n) is 30.2. The zero-order chi connectivity index (χ0) is 37.1. The Kier molecular flexibility index (Phi) is 22.0. The second-order valence-electron chi connectivity index (χ2n) is 11.4. The number of nitrogens with one attached hydrogen (secondary N) is 5. The lowest BCUT2D eigenvalue weighted by Gasteiger charge is -2.21. The third-order valence-corrected chi connectivity index (χ3v) is 6.90. The summed E-state index contributed by atoms with van der Waals surface area (Å²) in [6.45, 7) is 9.93. The van der Waals surface area contributed by atoms with Gasteiger partial charge in [0.05, 0.1) is 19.2 Å². The molecular formula is C38H54N6O6. The number of hydrogen-bond donors (Lipinski definition) is 5. The number of anilines is 1. The normalized spacial score (nSPS) is 10.4. The van der Waals surface area contributed by atoms with Crippen molar-refractivity contribution in [1.82, 2.24) is 26.6 Å². The molecule has 272 valence electrons. The van der Waals surface area contributed by atoms with Gasteiger partial charge in [0, 0.05) is 57.1 Å². The van der Waals surface area contributed by atoms with Crippen molar-refractivity contribution < 1.29 is 28.7 Å². The minimum absolute atomic E-state index is 0.117. The summed E-state index contributed by atoms with van der Waals surface area (Å²) in [5, 5.41) is 13.6. The van der Waals surface area contributed by atoms with Crippen LogP contribution in [0.25, 0.3) is 0 Å². The Labute approximate surface area is 296 Å². The Morgan fingerprint density at radius 3 is 1.96 bits per heavy atom. The number of benzene rings is 3. The van der Waals surface area contributed by atoms with Crippen molar-refractivity contribution in [2.45, 2.75) is 53.1 Å². The number of likely N-dealkylation sites (N-methyl/N-ethyl adjacent to an activating group) is 1. The van der Waals surface area contributed by atoms with E-state index in [1.165, 1.54) is 25.1 Å². The van der Waals surface area contributed by atoms with E-state index >= 15 is 0 Å². The number of ether oxygens (including phenoxy) is 1. The van der Waals surface area contributed by atoms with Crippen molar-refractivity contribution in [3.05, 3.63) is 101 Å². The van der Waals surface area contributed by atoms with E-state index in [9.17, 15) is 24.0 Å². The largest absolute Gasteiger partial charge is 0.468 e. The minimum atomic E-state index is -0.568. The fourth-order valence-electron chi connectivity index (χ4n) is 4.14. The summed E-state index contributed by atoms with van der Waals surface area (Å²) in [7, 11) is 3.31. The van der Waals surface area contributed by atoms with E-state index in [1.807, 2.05) is 60.5 Å². The smallest absolute Gasteiger partial charge is 0.293 e. The van der Waals surface area contributed by atoms with Crippen LogP contribution >= 0.6 is 0 Å². The average Bonchev–Trinajstić information content (AvgIpc) is 3.13. The topological polar surface area (TPSA) is 158 Å². The van der Waals surface area contributed by atoms with Crippen molar-refractivity contribution >= 4 is 35.8 Å². The van der Waals surface area contributed by atoms with E-state index in [0.717, 1.165) is 5.56 Å². The maximum absolute atomic E-state index is 13.0. The summed E-state index contributed by atoms with van der Waals surface area (Å²) in [4.78, 5) is 61.6. The van der Waals surface area contributed by atoms with Crippen LogP contribution in [0.3, 0.4) is 0 Å². The summed E-state index contributed by atoms with van der Waals surface area (Å²) in [6, 6.07) is 24.1. The predicted octanol–water partition coefficient (Wildman–Crippen LogP) is 3.60. The van der Waals surface area contributed by atoms with Gasteiger partial charge in [-0.2, -0.15) is 0 Å². The number of amides is 4. The number of carbonyl (C=O) groups is 5. The second-order valence-corrected chi connectivity index (χ2v) is 11.4. The molecule has 3 rings (SSSR count). The lowest BCUT2D eigenvalue weighted by Crippen LogP contribution is -2.47. The fraction of sp³-hybridized carbons (Fsp3) is 0.395.